The van der Waals surface area contributed by atoms with Crippen molar-refractivity contribution in [3.05, 3.63) is 71.7 Å². The van der Waals surface area contributed by atoms with Gasteiger partial charge in [-0.1, -0.05) is 12.1 Å². The number of aromatic nitrogens is 2. The van der Waals surface area contributed by atoms with E-state index in [0.29, 0.717) is 12.5 Å². The van der Waals surface area contributed by atoms with Crippen molar-refractivity contribution < 1.29 is 10.2 Å². The number of hydrogen-bond donors (Lipinski definition) is 2. The first kappa shape index (κ1) is 17.5. The molecule has 3 heterocycles. The van der Waals surface area contributed by atoms with Gasteiger partial charge in [0.2, 0.25) is 0 Å². The number of aryl methyl sites for hydroxylation is 1. The lowest BCUT2D eigenvalue weighted by Crippen LogP contribution is -2.20. The predicted octanol–water partition coefficient (Wildman–Crippen LogP) is 3.85. The number of aromatic hydroxyl groups is 2. The van der Waals surface area contributed by atoms with Gasteiger partial charge >= 0.3 is 0 Å². The summed E-state index contributed by atoms with van der Waals surface area (Å²) >= 11 is 0. The molecule has 2 N–H and O–H groups in total. The molecule has 1 saturated heterocycles. The fourth-order valence-electron chi connectivity index (χ4n) is 3.70. The van der Waals surface area contributed by atoms with Crippen LogP contribution in [-0.2, 0) is 6.54 Å². The molecule has 4 rings (SSSR count). The normalized spacial score (nSPS) is 17.3. The number of pyridine rings is 2. The predicted molar refractivity (Wildman–Crippen MR) is 105 cm³/mol. The summed E-state index contributed by atoms with van der Waals surface area (Å²) < 4.78 is 0. The molecule has 138 valence electrons. The van der Waals surface area contributed by atoms with Gasteiger partial charge in [-0.15, -0.1) is 0 Å². The van der Waals surface area contributed by atoms with E-state index < -0.39 is 0 Å². The van der Waals surface area contributed by atoms with Crippen LogP contribution in [0.3, 0.4) is 0 Å². The van der Waals surface area contributed by atoms with Crippen molar-refractivity contribution >= 4 is 0 Å². The van der Waals surface area contributed by atoms with Gasteiger partial charge in [-0.2, -0.15) is 0 Å². The van der Waals surface area contributed by atoms with Gasteiger partial charge in [0, 0.05) is 30.5 Å². The Morgan fingerprint density at radius 2 is 2.00 bits per heavy atom. The van der Waals surface area contributed by atoms with E-state index >= 15 is 0 Å². The smallest absolute Gasteiger partial charge is 0.138 e. The first-order chi connectivity index (χ1) is 13.1. The third kappa shape index (κ3) is 3.93. The van der Waals surface area contributed by atoms with E-state index in [-0.39, 0.29) is 11.5 Å². The Balaban J connectivity index is 1.49. The minimum atomic E-state index is 0.247. The van der Waals surface area contributed by atoms with Crippen LogP contribution in [0, 0.1) is 6.92 Å². The van der Waals surface area contributed by atoms with E-state index in [1.807, 2.05) is 31.3 Å². The number of likely N-dealkylation sites (tertiary alicyclic amines) is 1. The molecule has 0 unspecified atom stereocenters. The van der Waals surface area contributed by atoms with Gasteiger partial charge in [-0.05, 0) is 67.8 Å². The molecule has 1 aliphatic heterocycles. The molecular weight excluding hydrogens is 338 g/mol. The summed E-state index contributed by atoms with van der Waals surface area (Å²) in [6.45, 7) is 4.51. The Kier molecular flexibility index (Phi) is 4.77. The van der Waals surface area contributed by atoms with Crippen LogP contribution in [0.2, 0.25) is 0 Å². The first-order valence-corrected chi connectivity index (χ1v) is 9.22. The van der Waals surface area contributed by atoms with Gasteiger partial charge in [0.1, 0.15) is 11.5 Å². The topological polar surface area (TPSA) is 69.5 Å². The molecule has 5 nitrogen and oxygen atoms in total. The van der Waals surface area contributed by atoms with Crippen molar-refractivity contribution in [1.29, 1.82) is 0 Å². The second kappa shape index (κ2) is 7.37. The van der Waals surface area contributed by atoms with E-state index in [2.05, 4.69) is 27.0 Å². The minimum absolute atomic E-state index is 0.247. The van der Waals surface area contributed by atoms with Crippen LogP contribution in [0.4, 0.5) is 0 Å². The Labute approximate surface area is 159 Å². The Morgan fingerprint density at radius 1 is 1.11 bits per heavy atom. The van der Waals surface area contributed by atoms with Crippen molar-refractivity contribution in [2.24, 2.45) is 0 Å². The minimum Gasteiger partial charge on any atom is -0.508 e. The second-order valence-corrected chi connectivity index (χ2v) is 7.16. The summed E-state index contributed by atoms with van der Waals surface area (Å²) in [5.41, 5.74) is 4.71. The average Bonchev–Trinajstić information content (AvgIpc) is 3.13. The van der Waals surface area contributed by atoms with E-state index in [1.54, 1.807) is 18.2 Å². The van der Waals surface area contributed by atoms with E-state index in [4.69, 9.17) is 0 Å². The highest BCUT2D eigenvalue weighted by Gasteiger charge is 2.25. The van der Waals surface area contributed by atoms with E-state index in [0.717, 1.165) is 42.2 Å². The quantitative estimate of drug-likeness (QED) is 0.739. The van der Waals surface area contributed by atoms with Crippen LogP contribution in [0.1, 0.15) is 29.3 Å². The number of phenols is 1. The lowest BCUT2D eigenvalue weighted by atomic mass is 9.97. The summed E-state index contributed by atoms with van der Waals surface area (Å²) in [6, 6.07) is 14.9. The summed E-state index contributed by atoms with van der Waals surface area (Å²) in [4.78, 5) is 11.3. The molecule has 0 radical (unpaired) electrons. The summed E-state index contributed by atoms with van der Waals surface area (Å²) in [6.07, 6.45) is 2.90. The molecule has 1 aromatic carbocycles. The highest BCUT2D eigenvalue weighted by Crippen LogP contribution is 2.31. The standard InChI is InChI=1S/C22H23N3O2/c1-15-5-6-22(27)21(24-15)14-25-10-8-18(13-25)16-7-9-23-20(12-16)17-3-2-4-19(26)11-17/h2-7,9,11-12,18,26-27H,8,10,13-14H2,1H3/t18-/m1/s1. The maximum absolute atomic E-state index is 10.0. The highest BCUT2D eigenvalue weighted by molar-refractivity contribution is 5.61. The van der Waals surface area contributed by atoms with E-state index in [9.17, 15) is 10.2 Å². The van der Waals surface area contributed by atoms with Crippen molar-refractivity contribution in [3.8, 4) is 22.8 Å². The molecule has 3 aromatic rings. The molecule has 27 heavy (non-hydrogen) atoms. The van der Waals surface area contributed by atoms with Crippen molar-refractivity contribution in [3.63, 3.8) is 0 Å². The fourth-order valence-corrected chi connectivity index (χ4v) is 3.70. The van der Waals surface area contributed by atoms with Crippen molar-refractivity contribution in [1.82, 2.24) is 14.9 Å². The molecule has 0 spiro atoms. The average molecular weight is 361 g/mol. The third-order valence-corrected chi connectivity index (χ3v) is 5.13. The largest absolute Gasteiger partial charge is 0.508 e. The van der Waals surface area contributed by atoms with Gasteiger partial charge in [0.25, 0.3) is 0 Å². The zero-order valence-corrected chi connectivity index (χ0v) is 15.3. The number of phenolic OH excluding ortho intramolecular Hbond substituents is 1. The molecule has 1 aliphatic rings. The van der Waals surface area contributed by atoms with Gasteiger partial charge in [0.05, 0.1) is 11.4 Å². The van der Waals surface area contributed by atoms with Crippen molar-refractivity contribution in [2.75, 3.05) is 13.1 Å². The lowest BCUT2D eigenvalue weighted by molar-refractivity contribution is 0.314. The Morgan fingerprint density at radius 3 is 2.85 bits per heavy atom. The molecule has 1 fully saturated rings. The maximum Gasteiger partial charge on any atom is 0.138 e. The molecule has 2 aromatic heterocycles. The SMILES string of the molecule is Cc1ccc(O)c(CN2CC[C@@H](c3ccnc(-c4cccc(O)c4)c3)C2)n1. The van der Waals surface area contributed by atoms with Gasteiger partial charge in [-0.3, -0.25) is 14.9 Å². The second-order valence-electron chi connectivity index (χ2n) is 7.16. The molecule has 0 aliphatic carbocycles. The summed E-state index contributed by atoms with van der Waals surface area (Å²) in [5.74, 6) is 0.937. The number of rotatable bonds is 4. The lowest BCUT2D eigenvalue weighted by Gasteiger charge is -2.17. The maximum atomic E-state index is 10.0. The zero-order chi connectivity index (χ0) is 18.8. The fraction of sp³-hybridized carbons (Fsp3) is 0.273. The molecule has 0 bridgehead atoms. The van der Waals surface area contributed by atoms with Crippen molar-refractivity contribution in [2.45, 2.75) is 25.8 Å². The molecule has 5 heteroatoms. The van der Waals surface area contributed by atoms with E-state index in [1.165, 1.54) is 5.56 Å². The third-order valence-electron chi connectivity index (χ3n) is 5.13. The summed E-state index contributed by atoms with van der Waals surface area (Å²) in [5, 5.41) is 19.8. The van der Waals surface area contributed by atoms with Crippen LogP contribution in [0.5, 0.6) is 11.5 Å². The Bertz CT molecular complexity index is 958. The van der Waals surface area contributed by atoms with Gasteiger partial charge in [0.15, 0.2) is 0 Å². The van der Waals surface area contributed by atoms with Gasteiger partial charge < -0.3 is 10.2 Å². The molecule has 1 atom stereocenters. The highest BCUT2D eigenvalue weighted by atomic mass is 16.3. The zero-order valence-electron chi connectivity index (χ0n) is 15.3. The molecular formula is C22H23N3O2. The first-order valence-electron chi connectivity index (χ1n) is 9.22. The van der Waals surface area contributed by atoms with Crippen LogP contribution in [-0.4, -0.2) is 38.2 Å². The number of nitrogens with zero attached hydrogens (tertiary/aromatic N) is 3. The molecule has 0 amide bonds. The van der Waals surface area contributed by atoms with Crippen LogP contribution >= 0.6 is 0 Å². The van der Waals surface area contributed by atoms with Gasteiger partial charge in [-0.25, -0.2) is 0 Å². The monoisotopic (exact) mass is 361 g/mol. The summed E-state index contributed by atoms with van der Waals surface area (Å²) in [7, 11) is 0. The molecule has 0 saturated carbocycles. The van der Waals surface area contributed by atoms with Crippen LogP contribution in [0.15, 0.2) is 54.7 Å². The van der Waals surface area contributed by atoms with Crippen LogP contribution in [0.25, 0.3) is 11.3 Å². The van der Waals surface area contributed by atoms with Crippen LogP contribution < -0.4 is 0 Å². The Hall–Kier alpha value is -2.92. The number of hydrogen-bond acceptors (Lipinski definition) is 5. The number of benzene rings is 1.